The van der Waals surface area contributed by atoms with E-state index in [1.54, 1.807) is 40.6 Å². The van der Waals surface area contributed by atoms with Crippen molar-refractivity contribution in [3.05, 3.63) is 135 Å². The highest BCUT2D eigenvalue weighted by Crippen LogP contribution is 2.42. The van der Waals surface area contributed by atoms with Gasteiger partial charge in [-0.15, -0.1) is 0 Å². The number of ether oxygens (including phenoxy) is 6. The smallest absolute Gasteiger partial charge is 0.337 e. The molecular formula is C54H76Br4O10. The summed E-state index contributed by atoms with van der Waals surface area (Å²) in [5, 5.41) is 18.3. The predicted molar refractivity (Wildman–Crippen MR) is 288 cm³/mol. The molecule has 4 aromatic rings. The Balaban J connectivity index is 0.000000454. The summed E-state index contributed by atoms with van der Waals surface area (Å²) in [5.41, 5.74) is 6.86. The highest BCUT2D eigenvalue weighted by molar-refractivity contribution is 9.11. The van der Waals surface area contributed by atoms with Crippen molar-refractivity contribution in [3.63, 3.8) is 0 Å². The first-order chi connectivity index (χ1) is 31.4. The maximum Gasteiger partial charge on any atom is 0.337 e. The van der Waals surface area contributed by atoms with Gasteiger partial charge in [0.05, 0.1) is 63.0 Å². The molecule has 2 N–H and O–H groups in total. The topological polar surface area (TPSA) is 130 Å². The van der Waals surface area contributed by atoms with E-state index in [-0.39, 0.29) is 71.2 Å². The van der Waals surface area contributed by atoms with E-state index in [0.29, 0.717) is 11.1 Å². The van der Waals surface area contributed by atoms with Crippen LogP contribution in [0.5, 0.6) is 0 Å². The number of aliphatic hydroxyl groups excluding tert-OH is 2. The Morgan fingerprint density at radius 3 is 0.824 bits per heavy atom. The van der Waals surface area contributed by atoms with Gasteiger partial charge in [-0.2, -0.15) is 0 Å². The number of hydrogen-bond acceptors (Lipinski definition) is 10. The van der Waals surface area contributed by atoms with Gasteiger partial charge in [0.1, 0.15) is 0 Å². The van der Waals surface area contributed by atoms with E-state index in [1.165, 1.54) is 14.2 Å². The number of carbonyl (C=O) groups is 2. The van der Waals surface area contributed by atoms with E-state index in [4.69, 9.17) is 38.6 Å². The number of hydrogen-bond donors (Lipinski definition) is 2. The Kier molecular flexibility index (Phi) is 26.6. The van der Waals surface area contributed by atoms with Crippen molar-refractivity contribution in [2.75, 3.05) is 42.7 Å². The lowest BCUT2D eigenvalue weighted by molar-refractivity contribution is 0.0146. The Morgan fingerprint density at radius 2 is 0.632 bits per heavy atom. The second-order valence-electron chi connectivity index (χ2n) is 20.4. The summed E-state index contributed by atoms with van der Waals surface area (Å²) in [6.45, 7) is 25.5. The molecule has 0 saturated heterocycles. The first-order valence-corrected chi connectivity index (χ1v) is 25.2. The van der Waals surface area contributed by atoms with E-state index in [9.17, 15) is 9.59 Å². The number of rotatable bonds is 12. The molecule has 10 nitrogen and oxygen atoms in total. The third kappa shape index (κ3) is 19.3. The van der Waals surface area contributed by atoms with E-state index in [1.807, 2.05) is 60.7 Å². The van der Waals surface area contributed by atoms with Crippen LogP contribution in [0.3, 0.4) is 0 Å². The van der Waals surface area contributed by atoms with Gasteiger partial charge in [0.2, 0.25) is 0 Å². The van der Waals surface area contributed by atoms with Gasteiger partial charge in [0, 0.05) is 46.3 Å². The summed E-state index contributed by atoms with van der Waals surface area (Å²) in [5.74, 6) is -0.681. The summed E-state index contributed by atoms with van der Waals surface area (Å²) in [6.07, 6.45) is -0.185. The van der Waals surface area contributed by atoms with E-state index < -0.39 is 0 Å². The monoisotopic (exact) mass is 1200 g/mol. The maximum absolute atomic E-state index is 11.6. The number of halogens is 4. The molecule has 380 valence electrons. The fourth-order valence-corrected chi connectivity index (χ4v) is 9.37. The molecule has 0 aliphatic rings. The standard InChI is InChI=1S/2C14H19BrO3.2C13H19BrO2/c2*1-14(2,3)12(17-4)10-8-9(13(16)18-5)6-7-11(10)15;2*1-13(2,3)12(16-4)10-7-9(8-15)5-6-11(10)14/h2*6-8,12H,1-5H3;2*5-7,12,15H,8H2,1-4H3/t4*12-/m1010/s1. The summed E-state index contributed by atoms with van der Waals surface area (Å²) in [6, 6.07) is 22.5. The Hall–Kier alpha value is -2.50. The van der Waals surface area contributed by atoms with E-state index >= 15 is 0 Å². The first kappa shape index (κ1) is 63.5. The third-order valence-electron chi connectivity index (χ3n) is 10.5. The Bertz CT molecular complexity index is 2050. The Morgan fingerprint density at radius 1 is 0.412 bits per heavy atom. The highest BCUT2D eigenvalue weighted by Gasteiger charge is 2.31. The minimum Gasteiger partial charge on any atom is -0.465 e. The number of benzene rings is 4. The van der Waals surface area contributed by atoms with Crippen LogP contribution in [0, 0.1) is 21.7 Å². The molecule has 4 rings (SSSR count). The van der Waals surface area contributed by atoms with Gasteiger partial charge in [0.25, 0.3) is 0 Å². The van der Waals surface area contributed by atoms with Crippen molar-refractivity contribution < 1.29 is 48.2 Å². The fourth-order valence-electron chi connectivity index (χ4n) is 7.55. The van der Waals surface area contributed by atoms with Crippen LogP contribution < -0.4 is 0 Å². The molecule has 4 atom stereocenters. The van der Waals surface area contributed by atoms with Crippen LogP contribution in [0.1, 0.15) is 162 Å². The summed E-state index contributed by atoms with van der Waals surface area (Å²) in [7, 11) is 9.53. The molecule has 4 aromatic carbocycles. The second kappa shape index (κ2) is 28.5. The lowest BCUT2D eigenvalue weighted by Gasteiger charge is -2.30. The zero-order chi connectivity index (χ0) is 52.5. The normalized spacial score (nSPS) is 13.5. The number of methoxy groups -OCH3 is 6. The molecular weight excluding hydrogens is 1130 g/mol. The van der Waals surface area contributed by atoms with Gasteiger partial charge in [-0.05, 0) is 116 Å². The van der Waals surface area contributed by atoms with Crippen LogP contribution in [-0.2, 0) is 41.6 Å². The quantitative estimate of drug-likeness (QED) is 0.132. The van der Waals surface area contributed by atoms with Crippen molar-refractivity contribution >= 4 is 75.7 Å². The SMILES string of the molecule is COC(=O)c1ccc(Br)c([C@@H](OC)C(C)(C)C)c1.COC(=O)c1ccc(Br)c([C@H](OC)C(C)(C)C)c1.CO[C@@H](c1cc(CO)ccc1Br)C(C)(C)C.CO[C@H](c1cc(CO)ccc1Br)C(C)(C)C. The summed E-state index contributed by atoms with van der Waals surface area (Å²) < 4.78 is 35.6. The number of carbonyl (C=O) groups excluding carboxylic acids is 2. The van der Waals surface area contributed by atoms with Gasteiger partial charge >= 0.3 is 11.9 Å². The van der Waals surface area contributed by atoms with Crippen LogP contribution in [0.15, 0.2) is 90.7 Å². The predicted octanol–water partition coefficient (Wildman–Crippen LogP) is 15.3. The molecule has 0 heterocycles. The lowest BCUT2D eigenvalue weighted by atomic mass is 9.84. The molecule has 0 saturated carbocycles. The molecule has 0 aromatic heterocycles. The van der Waals surface area contributed by atoms with Crippen molar-refractivity contribution in [2.45, 2.75) is 121 Å². The lowest BCUT2D eigenvalue weighted by Crippen LogP contribution is -2.21. The van der Waals surface area contributed by atoms with Crippen LogP contribution in [-0.4, -0.2) is 64.8 Å². The van der Waals surface area contributed by atoms with Crippen LogP contribution >= 0.6 is 63.7 Å². The van der Waals surface area contributed by atoms with E-state index in [0.717, 1.165) is 51.3 Å². The highest BCUT2D eigenvalue weighted by atomic mass is 79.9. The van der Waals surface area contributed by atoms with Crippen molar-refractivity contribution in [2.24, 2.45) is 21.7 Å². The van der Waals surface area contributed by atoms with Gasteiger partial charge in [-0.25, -0.2) is 9.59 Å². The second-order valence-corrected chi connectivity index (χ2v) is 23.8. The zero-order valence-electron chi connectivity index (χ0n) is 43.3. The first-order valence-electron chi connectivity index (χ1n) is 22.1. The average Bonchev–Trinajstić information content (AvgIpc) is 3.25. The summed E-state index contributed by atoms with van der Waals surface area (Å²) in [4.78, 5) is 23.1. The molecule has 0 radical (unpaired) electrons. The number of esters is 2. The molecule has 0 aliphatic carbocycles. The van der Waals surface area contributed by atoms with Crippen LogP contribution in [0.2, 0.25) is 0 Å². The van der Waals surface area contributed by atoms with Crippen LogP contribution in [0.4, 0.5) is 0 Å². The van der Waals surface area contributed by atoms with Gasteiger partial charge in [0.15, 0.2) is 0 Å². The third-order valence-corrected chi connectivity index (χ3v) is 13.4. The van der Waals surface area contributed by atoms with Crippen molar-refractivity contribution in [1.82, 2.24) is 0 Å². The van der Waals surface area contributed by atoms with Gasteiger partial charge < -0.3 is 38.6 Å². The maximum atomic E-state index is 11.6. The molecule has 0 aliphatic heterocycles. The largest absolute Gasteiger partial charge is 0.465 e. The van der Waals surface area contributed by atoms with Gasteiger partial charge in [-0.3, -0.25) is 0 Å². The van der Waals surface area contributed by atoms with Crippen LogP contribution in [0.25, 0.3) is 0 Å². The molecule has 0 spiro atoms. The van der Waals surface area contributed by atoms with Gasteiger partial charge in [-0.1, -0.05) is 159 Å². The number of aliphatic hydroxyl groups is 2. The molecule has 0 amide bonds. The average molecular weight is 1200 g/mol. The molecule has 0 bridgehead atoms. The van der Waals surface area contributed by atoms with Crippen molar-refractivity contribution in [1.29, 1.82) is 0 Å². The Labute approximate surface area is 441 Å². The molecule has 14 heteroatoms. The zero-order valence-corrected chi connectivity index (χ0v) is 49.7. The fraction of sp³-hybridized carbons (Fsp3) is 0.519. The van der Waals surface area contributed by atoms with Crippen molar-refractivity contribution in [3.8, 4) is 0 Å². The minimum absolute atomic E-state index is 0.00775. The van der Waals surface area contributed by atoms with E-state index in [2.05, 4.69) is 147 Å². The minimum atomic E-state index is -0.340. The molecule has 0 unspecified atom stereocenters. The molecule has 68 heavy (non-hydrogen) atoms. The summed E-state index contributed by atoms with van der Waals surface area (Å²) >= 11 is 14.1. The molecule has 0 fully saturated rings.